The Bertz CT molecular complexity index is 506. The summed E-state index contributed by atoms with van der Waals surface area (Å²) in [6.45, 7) is 2.05. The van der Waals surface area contributed by atoms with Gasteiger partial charge in [-0.3, -0.25) is 4.79 Å². The van der Waals surface area contributed by atoms with E-state index in [0.29, 0.717) is 25.0 Å². The largest absolute Gasteiger partial charge is 0.381 e. The molecule has 2 aliphatic heterocycles. The van der Waals surface area contributed by atoms with Crippen molar-refractivity contribution in [1.82, 2.24) is 15.0 Å². The van der Waals surface area contributed by atoms with Gasteiger partial charge in [-0.25, -0.2) is 0 Å². The van der Waals surface area contributed by atoms with Gasteiger partial charge in [0.05, 0.1) is 18.6 Å². The number of aromatic nitrogens is 2. The van der Waals surface area contributed by atoms with Crippen LogP contribution < -0.4 is 0 Å². The number of hydrogen-bond donors (Lipinski definition) is 0. The van der Waals surface area contributed by atoms with Gasteiger partial charge in [-0.2, -0.15) is 4.98 Å². The predicted molar refractivity (Wildman–Crippen MR) is 68.9 cm³/mol. The summed E-state index contributed by atoms with van der Waals surface area (Å²) in [5.74, 6) is 2.12. The lowest BCUT2D eigenvalue weighted by molar-refractivity contribution is -0.136. The van der Waals surface area contributed by atoms with Gasteiger partial charge in [-0.1, -0.05) is 5.16 Å². The Hall–Kier alpha value is -1.43. The average molecular weight is 277 g/mol. The van der Waals surface area contributed by atoms with Crippen LogP contribution in [0.5, 0.6) is 0 Å². The van der Waals surface area contributed by atoms with Crippen molar-refractivity contribution < 1.29 is 14.1 Å². The first kappa shape index (κ1) is 12.3. The monoisotopic (exact) mass is 277 g/mol. The van der Waals surface area contributed by atoms with Crippen molar-refractivity contribution in [3.05, 3.63) is 11.7 Å². The van der Waals surface area contributed by atoms with Gasteiger partial charge in [0.15, 0.2) is 5.82 Å². The van der Waals surface area contributed by atoms with E-state index in [2.05, 4.69) is 10.1 Å². The summed E-state index contributed by atoms with van der Waals surface area (Å²) in [7, 11) is 0. The number of carbonyl (C=O) groups excluding carboxylic acids is 1. The molecule has 1 amide bonds. The van der Waals surface area contributed by atoms with Crippen LogP contribution in [-0.4, -0.2) is 40.7 Å². The Labute approximate surface area is 117 Å². The normalized spacial score (nSPS) is 30.1. The summed E-state index contributed by atoms with van der Waals surface area (Å²) >= 11 is 0. The fourth-order valence-corrected chi connectivity index (χ4v) is 3.14. The summed E-state index contributed by atoms with van der Waals surface area (Å²) in [4.78, 5) is 19.0. The van der Waals surface area contributed by atoms with E-state index in [1.165, 1.54) is 0 Å². The zero-order valence-electron chi connectivity index (χ0n) is 11.5. The maximum absolute atomic E-state index is 12.5. The maximum Gasteiger partial charge on any atom is 0.229 e. The number of rotatable bonds is 3. The van der Waals surface area contributed by atoms with Gasteiger partial charge >= 0.3 is 0 Å². The summed E-state index contributed by atoms with van der Waals surface area (Å²) in [6, 6.07) is -0.000602. The molecule has 0 radical (unpaired) electrons. The van der Waals surface area contributed by atoms with E-state index < -0.39 is 0 Å². The first-order chi connectivity index (χ1) is 9.83. The van der Waals surface area contributed by atoms with Gasteiger partial charge in [-0.15, -0.1) is 0 Å². The van der Waals surface area contributed by atoms with E-state index in [1.807, 2.05) is 4.90 Å². The third kappa shape index (κ3) is 2.12. The quantitative estimate of drug-likeness (QED) is 0.840. The molecule has 3 aliphatic rings. The minimum Gasteiger partial charge on any atom is -0.381 e. The average Bonchev–Trinajstić information content (AvgIpc) is 2.97. The highest BCUT2D eigenvalue weighted by molar-refractivity contribution is 5.79. The van der Waals surface area contributed by atoms with Gasteiger partial charge in [0.2, 0.25) is 11.8 Å². The molecule has 108 valence electrons. The molecule has 1 saturated carbocycles. The zero-order valence-corrected chi connectivity index (χ0v) is 11.5. The second kappa shape index (κ2) is 4.84. The molecule has 0 unspecified atom stereocenters. The van der Waals surface area contributed by atoms with Crippen molar-refractivity contribution >= 4 is 5.91 Å². The fraction of sp³-hybridized carbons (Fsp3) is 0.786. The lowest BCUT2D eigenvalue weighted by Gasteiger charge is -2.24. The Morgan fingerprint density at radius 3 is 2.90 bits per heavy atom. The summed E-state index contributed by atoms with van der Waals surface area (Å²) < 4.78 is 10.7. The molecule has 2 atom stereocenters. The Morgan fingerprint density at radius 2 is 2.15 bits per heavy atom. The van der Waals surface area contributed by atoms with Crippen LogP contribution in [0, 0.1) is 5.92 Å². The van der Waals surface area contributed by atoms with E-state index in [1.54, 1.807) is 0 Å². The lowest BCUT2D eigenvalue weighted by Crippen LogP contribution is -2.36. The number of amides is 1. The highest BCUT2D eigenvalue weighted by atomic mass is 16.5. The van der Waals surface area contributed by atoms with Crippen molar-refractivity contribution in [1.29, 1.82) is 0 Å². The third-order valence-electron chi connectivity index (χ3n) is 4.50. The Kier molecular flexibility index (Phi) is 2.98. The molecular weight excluding hydrogens is 258 g/mol. The van der Waals surface area contributed by atoms with Crippen molar-refractivity contribution in [2.75, 3.05) is 19.8 Å². The highest BCUT2D eigenvalue weighted by Crippen LogP contribution is 2.40. The summed E-state index contributed by atoms with van der Waals surface area (Å²) in [6.07, 6.45) is 5.07. The van der Waals surface area contributed by atoms with E-state index in [4.69, 9.17) is 9.26 Å². The van der Waals surface area contributed by atoms with E-state index in [9.17, 15) is 4.79 Å². The smallest absolute Gasteiger partial charge is 0.229 e. The molecule has 3 heterocycles. The van der Waals surface area contributed by atoms with Gasteiger partial charge in [0, 0.05) is 19.1 Å². The van der Waals surface area contributed by atoms with E-state index in [0.717, 1.165) is 44.5 Å². The molecule has 0 spiro atoms. The molecule has 1 aliphatic carbocycles. The molecule has 6 nitrogen and oxygen atoms in total. The number of carbonyl (C=O) groups is 1. The molecule has 1 aromatic heterocycles. The maximum atomic E-state index is 12.5. The van der Waals surface area contributed by atoms with Crippen LogP contribution in [0.15, 0.2) is 4.52 Å². The minimum atomic E-state index is -0.000602. The van der Waals surface area contributed by atoms with Crippen LogP contribution in [0.4, 0.5) is 0 Å². The van der Waals surface area contributed by atoms with Gasteiger partial charge < -0.3 is 14.2 Å². The van der Waals surface area contributed by atoms with E-state index in [-0.39, 0.29) is 17.9 Å². The molecule has 20 heavy (non-hydrogen) atoms. The van der Waals surface area contributed by atoms with Gasteiger partial charge in [0.1, 0.15) is 0 Å². The fourth-order valence-electron chi connectivity index (χ4n) is 3.14. The van der Waals surface area contributed by atoms with Crippen molar-refractivity contribution in [3.63, 3.8) is 0 Å². The predicted octanol–water partition coefficient (Wildman–Crippen LogP) is 1.65. The molecule has 6 heteroatoms. The lowest BCUT2D eigenvalue weighted by atomic mass is 10.1. The molecule has 3 fully saturated rings. The minimum absolute atomic E-state index is 0.000602. The first-order valence-corrected chi connectivity index (χ1v) is 7.54. The van der Waals surface area contributed by atoms with Crippen LogP contribution in [-0.2, 0) is 9.53 Å². The summed E-state index contributed by atoms with van der Waals surface area (Å²) in [5, 5.41) is 4.11. The molecule has 1 aromatic rings. The number of nitrogens with zero attached hydrogens (tertiary/aromatic N) is 3. The summed E-state index contributed by atoms with van der Waals surface area (Å²) in [5.41, 5.74) is 0. The highest BCUT2D eigenvalue weighted by Gasteiger charge is 2.38. The molecule has 0 aromatic carbocycles. The van der Waals surface area contributed by atoms with Gasteiger partial charge in [0.25, 0.3) is 0 Å². The van der Waals surface area contributed by atoms with Crippen molar-refractivity contribution in [2.45, 2.75) is 44.1 Å². The number of ether oxygens (including phenoxy) is 1. The zero-order chi connectivity index (χ0) is 13.5. The Morgan fingerprint density at radius 1 is 1.25 bits per heavy atom. The van der Waals surface area contributed by atoms with Crippen molar-refractivity contribution in [3.8, 4) is 0 Å². The number of hydrogen-bond acceptors (Lipinski definition) is 5. The molecule has 4 rings (SSSR count). The Balaban J connectivity index is 1.51. The van der Waals surface area contributed by atoms with Crippen LogP contribution in [0.1, 0.15) is 55.8 Å². The topological polar surface area (TPSA) is 68.5 Å². The second-order valence-corrected chi connectivity index (χ2v) is 6.02. The van der Waals surface area contributed by atoms with Crippen molar-refractivity contribution in [2.24, 2.45) is 5.92 Å². The van der Waals surface area contributed by atoms with Crippen LogP contribution in [0.3, 0.4) is 0 Å². The molecule has 0 bridgehead atoms. The van der Waals surface area contributed by atoms with E-state index >= 15 is 0 Å². The van der Waals surface area contributed by atoms with Crippen LogP contribution in [0.25, 0.3) is 0 Å². The van der Waals surface area contributed by atoms with Crippen LogP contribution in [0.2, 0.25) is 0 Å². The first-order valence-electron chi connectivity index (χ1n) is 7.54. The second-order valence-electron chi connectivity index (χ2n) is 6.02. The molecule has 2 saturated heterocycles. The standard InChI is InChI=1S/C14H19N3O3/c18-14(10-5-7-19-8-10)17-6-1-2-11(17)12-15-13(20-16-12)9-3-4-9/h9-11H,1-8H2/t10-,11-/m0/s1. The molecule has 0 N–H and O–H groups in total. The third-order valence-corrected chi connectivity index (χ3v) is 4.50. The SMILES string of the molecule is O=C([C@H]1CCOC1)N1CCC[C@H]1c1noc(C2CC2)n1. The molecular formula is C14H19N3O3. The van der Waals surface area contributed by atoms with Crippen LogP contribution >= 0.6 is 0 Å². The van der Waals surface area contributed by atoms with Gasteiger partial charge in [-0.05, 0) is 32.1 Å². The number of likely N-dealkylation sites (tertiary alicyclic amines) is 1.